The van der Waals surface area contributed by atoms with E-state index in [1.807, 2.05) is 66.5 Å². The first-order valence-electron chi connectivity index (χ1n) is 10.0. The second-order valence-corrected chi connectivity index (χ2v) is 8.20. The minimum atomic E-state index is -0.511. The van der Waals surface area contributed by atoms with Gasteiger partial charge >= 0.3 is 0 Å². The Bertz CT molecular complexity index is 1210. The van der Waals surface area contributed by atoms with Gasteiger partial charge in [0, 0.05) is 25.5 Å². The summed E-state index contributed by atoms with van der Waals surface area (Å²) in [6, 6.07) is 12.7. The molecule has 1 aromatic carbocycles. The molecule has 0 saturated carbocycles. The lowest BCUT2D eigenvalue weighted by Crippen LogP contribution is -2.31. The van der Waals surface area contributed by atoms with Crippen LogP contribution in [0.3, 0.4) is 0 Å². The van der Waals surface area contributed by atoms with Gasteiger partial charge in [-0.3, -0.25) is 9.78 Å². The number of aryl methyl sites for hydroxylation is 2. The van der Waals surface area contributed by atoms with Gasteiger partial charge in [-0.1, -0.05) is 6.07 Å². The standard InChI is InChI=1S/C24H24N4O3S/c1-15-19(7-8-20(26-15)21-6-5-11-32-21)24(29)27-22(23-25-9-10-28(23)2)16-12-17(30-3)14-18(13-16)31-4/h5-14,22H,1-4H3,(H,27,29). The maximum atomic E-state index is 13.3. The van der Waals surface area contributed by atoms with Crippen molar-refractivity contribution in [1.82, 2.24) is 19.9 Å². The number of carbonyl (C=O) groups is 1. The van der Waals surface area contributed by atoms with Gasteiger partial charge in [0.25, 0.3) is 5.91 Å². The number of benzene rings is 1. The smallest absolute Gasteiger partial charge is 0.253 e. The molecule has 1 amide bonds. The molecule has 0 aliphatic rings. The van der Waals surface area contributed by atoms with Crippen LogP contribution in [-0.4, -0.2) is 34.7 Å². The van der Waals surface area contributed by atoms with Crippen molar-refractivity contribution in [3.8, 4) is 22.1 Å². The average molecular weight is 449 g/mol. The first-order chi connectivity index (χ1) is 15.5. The van der Waals surface area contributed by atoms with Gasteiger partial charge in [0.05, 0.1) is 36.0 Å². The largest absolute Gasteiger partial charge is 0.497 e. The van der Waals surface area contributed by atoms with Crippen LogP contribution >= 0.6 is 11.3 Å². The maximum Gasteiger partial charge on any atom is 0.253 e. The Labute approximate surface area is 190 Å². The number of ether oxygens (including phenoxy) is 2. The third-order valence-corrected chi connectivity index (χ3v) is 6.10. The quantitative estimate of drug-likeness (QED) is 0.454. The van der Waals surface area contributed by atoms with Crippen LogP contribution in [0.5, 0.6) is 11.5 Å². The van der Waals surface area contributed by atoms with Crippen LogP contribution in [0.4, 0.5) is 0 Å². The third-order valence-electron chi connectivity index (χ3n) is 5.20. The van der Waals surface area contributed by atoms with Gasteiger partial charge in [-0.15, -0.1) is 11.3 Å². The summed E-state index contributed by atoms with van der Waals surface area (Å²) in [4.78, 5) is 23.5. The fraction of sp³-hybridized carbons (Fsp3) is 0.208. The fourth-order valence-electron chi connectivity index (χ4n) is 3.52. The number of thiophene rings is 1. The molecule has 0 saturated heterocycles. The zero-order valence-electron chi connectivity index (χ0n) is 18.3. The molecule has 1 unspecified atom stereocenters. The number of aromatic nitrogens is 3. The highest BCUT2D eigenvalue weighted by Gasteiger charge is 2.24. The minimum absolute atomic E-state index is 0.234. The van der Waals surface area contributed by atoms with Gasteiger partial charge in [0.2, 0.25) is 0 Å². The molecule has 3 aromatic heterocycles. The summed E-state index contributed by atoms with van der Waals surface area (Å²) in [7, 11) is 5.08. The number of pyridine rings is 1. The van der Waals surface area contributed by atoms with Crippen LogP contribution in [-0.2, 0) is 7.05 Å². The molecule has 4 rings (SSSR count). The van der Waals surface area contributed by atoms with E-state index in [-0.39, 0.29) is 5.91 Å². The maximum absolute atomic E-state index is 13.3. The molecule has 0 aliphatic heterocycles. The van der Waals surface area contributed by atoms with Crippen molar-refractivity contribution < 1.29 is 14.3 Å². The van der Waals surface area contributed by atoms with Crippen LogP contribution in [0.1, 0.15) is 33.5 Å². The summed E-state index contributed by atoms with van der Waals surface area (Å²) in [5.41, 5.74) is 2.83. The van der Waals surface area contributed by atoms with Crippen LogP contribution in [0.15, 0.2) is 60.2 Å². The van der Waals surface area contributed by atoms with Crippen molar-refractivity contribution in [2.45, 2.75) is 13.0 Å². The normalized spacial score (nSPS) is 11.8. The van der Waals surface area contributed by atoms with E-state index in [2.05, 4.69) is 15.3 Å². The Morgan fingerprint density at radius 1 is 1.12 bits per heavy atom. The molecule has 0 spiro atoms. The number of methoxy groups -OCH3 is 2. The molecular weight excluding hydrogens is 424 g/mol. The number of rotatable bonds is 7. The fourth-order valence-corrected chi connectivity index (χ4v) is 4.22. The molecule has 1 N–H and O–H groups in total. The van der Waals surface area contributed by atoms with Gasteiger partial charge in [0.15, 0.2) is 0 Å². The van der Waals surface area contributed by atoms with E-state index < -0.39 is 6.04 Å². The predicted molar refractivity (Wildman–Crippen MR) is 124 cm³/mol. The van der Waals surface area contributed by atoms with Crippen LogP contribution in [0.25, 0.3) is 10.6 Å². The van der Waals surface area contributed by atoms with E-state index in [4.69, 9.17) is 9.47 Å². The SMILES string of the molecule is COc1cc(OC)cc(C(NC(=O)c2ccc(-c3cccs3)nc2C)c2nccn2C)c1. The summed E-state index contributed by atoms with van der Waals surface area (Å²) in [6.45, 7) is 1.84. The summed E-state index contributed by atoms with van der Waals surface area (Å²) >= 11 is 1.62. The van der Waals surface area contributed by atoms with Crippen molar-refractivity contribution in [2.75, 3.05) is 14.2 Å². The molecule has 1 atom stereocenters. The Balaban J connectivity index is 1.69. The monoisotopic (exact) mass is 448 g/mol. The molecule has 7 nitrogen and oxygen atoms in total. The van der Waals surface area contributed by atoms with E-state index in [0.717, 1.165) is 16.1 Å². The van der Waals surface area contributed by atoms with Gasteiger partial charge in [0.1, 0.15) is 23.4 Å². The lowest BCUT2D eigenvalue weighted by molar-refractivity contribution is 0.0940. The lowest BCUT2D eigenvalue weighted by atomic mass is 10.0. The Morgan fingerprint density at radius 3 is 2.44 bits per heavy atom. The first kappa shape index (κ1) is 21.6. The molecule has 164 valence electrons. The van der Waals surface area contributed by atoms with Crippen LogP contribution in [0, 0.1) is 6.92 Å². The Hall–Kier alpha value is -3.65. The van der Waals surface area contributed by atoms with Gasteiger partial charge in [-0.2, -0.15) is 0 Å². The summed E-state index contributed by atoms with van der Waals surface area (Å²) in [5, 5.41) is 5.13. The van der Waals surface area contributed by atoms with Crippen LogP contribution in [0.2, 0.25) is 0 Å². The molecule has 0 bridgehead atoms. The molecule has 4 aromatic rings. The van der Waals surface area contributed by atoms with Gasteiger partial charge < -0.3 is 19.4 Å². The second-order valence-electron chi connectivity index (χ2n) is 7.26. The molecule has 8 heteroatoms. The predicted octanol–water partition coefficient (Wildman–Crippen LogP) is 4.39. The van der Waals surface area contributed by atoms with Crippen molar-refractivity contribution in [1.29, 1.82) is 0 Å². The number of carbonyl (C=O) groups excluding carboxylic acids is 1. The van der Waals surface area contributed by atoms with Crippen molar-refractivity contribution >= 4 is 17.2 Å². The van der Waals surface area contributed by atoms with Crippen LogP contribution < -0.4 is 14.8 Å². The van der Waals surface area contributed by atoms with E-state index in [1.54, 1.807) is 37.8 Å². The van der Waals surface area contributed by atoms with E-state index in [0.29, 0.717) is 28.6 Å². The highest BCUT2D eigenvalue weighted by Crippen LogP contribution is 2.30. The van der Waals surface area contributed by atoms with E-state index >= 15 is 0 Å². The highest BCUT2D eigenvalue weighted by atomic mass is 32.1. The zero-order valence-corrected chi connectivity index (χ0v) is 19.1. The Kier molecular flexibility index (Phi) is 6.23. The molecule has 0 aliphatic carbocycles. The molecule has 3 heterocycles. The summed E-state index contributed by atoms with van der Waals surface area (Å²) < 4.78 is 12.7. The number of amides is 1. The third kappa shape index (κ3) is 4.36. The van der Waals surface area contributed by atoms with E-state index in [9.17, 15) is 4.79 Å². The van der Waals surface area contributed by atoms with Gasteiger partial charge in [-0.05, 0) is 48.2 Å². The van der Waals surface area contributed by atoms with Crippen molar-refractivity contribution in [3.63, 3.8) is 0 Å². The minimum Gasteiger partial charge on any atom is -0.497 e. The summed E-state index contributed by atoms with van der Waals surface area (Å²) in [5.74, 6) is 1.72. The molecule has 0 radical (unpaired) electrons. The van der Waals surface area contributed by atoms with Gasteiger partial charge in [-0.25, -0.2) is 4.98 Å². The average Bonchev–Trinajstić information content (AvgIpc) is 3.49. The first-order valence-corrected chi connectivity index (χ1v) is 10.9. The molecular formula is C24H24N4O3S. The summed E-state index contributed by atoms with van der Waals surface area (Å²) in [6.07, 6.45) is 3.54. The second kappa shape index (κ2) is 9.23. The number of nitrogens with one attached hydrogen (secondary N) is 1. The highest BCUT2D eigenvalue weighted by molar-refractivity contribution is 7.13. The van der Waals surface area contributed by atoms with Crippen molar-refractivity contribution in [3.05, 3.63) is 82.9 Å². The topological polar surface area (TPSA) is 78.3 Å². The number of imidazole rings is 1. The number of nitrogens with zero attached hydrogens (tertiary/aromatic N) is 3. The number of hydrogen-bond acceptors (Lipinski definition) is 6. The Morgan fingerprint density at radius 2 is 1.88 bits per heavy atom. The molecule has 32 heavy (non-hydrogen) atoms. The van der Waals surface area contributed by atoms with E-state index in [1.165, 1.54) is 0 Å². The number of hydrogen-bond donors (Lipinski definition) is 1. The van der Waals surface area contributed by atoms with Crippen molar-refractivity contribution in [2.24, 2.45) is 7.05 Å². The lowest BCUT2D eigenvalue weighted by Gasteiger charge is -2.21. The zero-order chi connectivity index (χ0) is 22.7. The molecule has 0 fully saturated rings.